The summed E-state index contributed by atoms with van der Waals surface area (Å²) in [6.07, 6.45) is 0.894. The van der Waals surface area contributed by atoms with Crippen molar-refractivity contribution in [2.75, 3.05) is 13.1 Å². The Morgan fingerprint density at radius 2 is 2.00 bits per heavy atom. The summed E-state index contributed by atoms with van der Waals surface area (Å²) in [4.78, 5) is 0. The van der Waals surface area contributed by atoms with Crippen LogP contribution in [0.3, 0.4) is 0 Å². The summed E-state index contributed by atoms with van der Waals surface area (Å²) < 4.78 is 26.8. The van der Waals surface area contributed by atoms with Crippen molar-refractivity contribution in [3.63, 3.8) is 0 Å². The number of benzene rings is 1. The molecule has 1 saturated carbocycles. The molecule has 1 aliphatic rings. The molecular formula is C12H15F2N. The smallest absolute Gasteiger partial charge is 0.129 e. The largest absolute Gasteiger partial charge is 0.317 e. The van der Waals surface area contributed by atoms with E-state index in [9.17, 15) is 8.78 Å². The van der Waals surface area contributed by atoms with Crippen LogP contribution in [0.1, 0.15) is 24.8 Å². The van der Waals surface area contributed by atoms with Crippen LogP contribution in [0.4, 0.5) is 8.78 Å². The average Bonchev–Trinajstić information content (AvgIpc) is 2.94. The summed E-state index contributed by atoms with van der Waals surface area (Å²) in [5.41, 5.74) is 0.278. The predicted octanol–water partition coefficient (Wildman–Crippen LogP) is 2.68. The zero-order chi connectivity index (χ0) is 10.8. The van der Waals surface area contributed by atoms with Crippen LogP contribution in [0.15, 0.2) is 18.2 Å². The maximum absolute atomic E-state index is 13.4. The lowest BCUT2D eigenvalue weighted by molar-refractivity contribution is 0.547. The Balaban J connectivity index is 2.06. The summed E-state index contributed by atoms with van der Waals surface area (Å²) in [5.74, 6) is -0.334. The van der Waals surface area contributed by atoms with E-state index in [2.05, 4.69) is 5.32 Å². The highest BCUT2D eigenvalue weighted by molar-refractivity contribution is 5.29. The molecule has 0 spiro atoms. The second kappa shape index (κ2) is 4.27. The molecule has 1 aromatic carbocycles. The third kappa shape index (κ3) is 2.17. The molecule has 1 nitrogen and oxygen atoms in total. The second-order valence-corrected chi connectivity index (χ2v) is 4.05. The summed E-state index contributed by atoms with van der Waals surface area (Å²) in [7, 11) is 0. The van der Waals surface area contributed by atoms with E-state index < -0.39 is 11.6 Å². The minimum Gasteiger partial charge on any atom is -0.317 e. The van der Waals surface area contributed by atoms with Crippen molar-refractivity contribution in [2.24, 2.45) is 5.92 Å². The van der Waals surface area contributed by atoms with E-state index in [-0.39, 0.29) is 11.5 Å². The highest BCUT2D eigenvalue weighted by Gasteiger charge is 2.40. The first-order valence-corrected chi connectivity index (χ1v) is 5.38. The van der Waals surface area contributed by atoms with E-state index in [4.69, 9.17) is 0 Å². The standard InChI is InChI=1S/C12H15F2N/c1-2-15-7-8-6-9(8)12-10(13)4-3-5-11(12)14/h3-5,8-9,15H,2,6-7H2,1H3. The van der Waals surface area contributed by atoms with E-state index in [0.29, 0.717) is 5.92 Å². The lowest BCUT2D eigenvalue weighted by atomic mass is 10.1. The van der Waals surface area contributed by atoms with Crippen molar-refractivity contribution in [1.29, 1.82) is 0 Å². The molecular weight excluding hydrogens is 196 g/mol. The van der Waals surface area contributed by atoms with Crippen molar-refractivity contribution in [3.05, 3.63) is 35.4 Å². The van der Waals surface area contributed by atoms with Gasteiger partial charge in [0.25, 0.3) is 0 Å². The maximum Gasteiger partial charge on any atom is 0.129 e. The van der Waals surface area contributed by atoms with Crippen LogP contribution in [0.5, 0.6) is 0 Å². The average molecular weight is 211 g/mol. The van der Waals surface area contributed by atoms with Crippen molar-refractivity contribution >= 4 is 0 Å². The summed E-state index contributed by atoms with van der Waals surface area (Å²) in [6, 6.07) is 4.08. The van der Waals surface area contributed by atoms with E-state index in [1.54, 1.807) is 0 Å². The first kappa shape index (κ1) is 10.6. The highest BCUT2D eigenvalue weighted by atomic mass is 19.1. The number of nitrogens with one attached hydrogen (secondary N) is 1. The monoisotopic (exact) mass is 211 g/mol. The molecule has 0 bridgehead atoms. The molecule has 3 heteroatoms. The topological polar surface area (TPSA) is 12.0 Å². The van der Waals surface area contributed by atoms with Gasteiger partial charge in [-0.25, -0.2) is 8.78 Å². The molecule has 2 rings (SSSR count). The molecule has 0 aromatic heterocycles. The summed E-state index contributed by atoms with van der Waals surface area (Å²) in [6.45, 7) is 3.79. The summed E-state index contributed by atoms with van der Waals surface area (Å²) in [5, 5.41) is 3.20. The molecule has 0 aliphatic heterocycles. The summed E-state index contributed by atoms with van der Waals surface area (Å²) >= 11 is 0. The zero-order valence-electron chi connectivity index (χ0n) is 8.76. The van der Waals surface area contributed by atoms with Gasteiger partial charge in [-0.2, -0.15) is 0 Å². The second-order valence-electron chi connectivity index (χ2n) is 4.05. The molecule has 1 N–H and O–H groups in total. The van der Waals surface area contributed by atoms with Crippen LogP contribution < -0.4 is 5.32 Å². The van der Waals surface area contributed by atoms with Crippen molar-refractivity contribution in [3.8, 4) is 0 Å². The Kier molecular flexibility index (Phi) is 3.00. The van der Waals surface area contributed by atoms with Crippen LogP contribution >= 0.6 is 0 Å². The third-order valence-electron chi connectivity index (χ3n) is 2.95. The van der Waals surface area contributed by atoms with Gasteiger partial charge in [-0.1, -0.05) is 13.0 Å². The molecule has 1 aromatic rings. The maximum atomic E-state index is 13.4. The Bertz CT molecular complexity index is 331. The Morgan fingerprint density at radius 1 is 1.33 bits per heavy atom. The van der Waals surface area contributed by atoms with Gasteiger partial charge in [-0.3, -0.25) is 0 Å². The van der Waals surface area contributed by atoms with Gasteiger partial charge in [0.15, 0.2) is 0 Å². The molecule has 0 radical (unpaired) electrons. The van der Waals surface area contributed by atoms with Gasteiger partial charge < -0.3 is 5.32 Å². The minimum absolute atomic E-state index is 0.0743. The molecule has 0 heterocycles. The lowest BCUT2D eigenvalue weighted by Crippen LogP contribution is -2.16. The van der Waals surface area contributed by atoms with Gasteiger partial charge in [0.2, 0.25) is 0 Å². The fraction of sp³-hybridized carbons (Fsp3) is 0.500. The predicted molar refractivity (Wildman–Crippen MR) is 55.7 cm³/mol. The molecule has 82 valence electrons. The first-order chi connectivity index (χ1) is 7.24. The van der Waals surface area contributed by atoms with Crippen LogP contribution in [0.2, 0.25) is 0 Å². The van der Waals surface area contributed by atoms with Gasteiger partial charge in [0, 0.05) is 5.56 Å². The Morgan fingerprint density at radius 3 is 2.60 bits per heavy atom. The molecule has 1 fully saturated rings. The van der Waals surface area contributed by atoms with E-state index in [0.717, 1.165) is 19.5 Å². The first-order valence-electron chi connectivity index (χ1n) is 5.38. The van der Waals surface area contributed by atoms with Crippen molar-refractivity contribution in [1.82, 2.24) is 5.32 Å². The van der Waals surface area contributed by atoms with Gasteiger partial charge >= 0.3 is 0 Å². The molecule has 0 saturated heterocycles. The minimum atomic E-state index is -0.404. The van der Waals surface area contributed by atoms with Gasteiger partial charge in [0.1, 0.15) is 11.6 Å². The quantitative estimate of drug-likeness (QED) is 0.807. The van der Waals surface area contributed by atoms with Crippen LogP contribution in [0.25, 0.3) is 0 Å². The lowest BCUT2D eigenvalue weighted by Gasteiger charge is -2.04. The van der Waals surface area contributed by atoms with E-state index >= 15 is 0 Å². The Hall–Kier alpha value is -0.960. The number of rotatable bonds is 4. The van der Waals surface area contributed by atoms with Gasteiger partial charge in [-0.05, 0) is 43.5 Å². The van der Waals surface area contributed by atoms with Crippen molar-refractivity contribution < 1.29 is 8.78 Å². The third-order valence-corrected chi connectivity index (χ3v) is 2.95. The van der Waals surface area contributed by atoms with Crippen LogP contribution in [0, 0.1) is 17.6 Å². The van der Waals surface area contributed by atoms with Gasteiger partial charge in [-0.15, -0.1) is 0 Å². The molecule has 0 amide bonds. The van der Waals surface area contributed by atoms with Crippen molar-refractivity contribution in [2.45, 2.75) is 19.3 Å². The number of halogens is 2. The molecule has 15 heavy (non-hydrogen) atoms. The molecule has 1 aliphatic carbocycles. The van der Waals surface area contributed by atoms with Crippen LogP contribution in [-0.2, 0) is 0 Å². The van der Waals surface area contributed by atoms with E-state index in [1.165, 1.54) is 18.2 Å². The van der Waals surface area contributed by atoms with Gasteiger partial charge in [0.05, 0.1) is 0 Å². The number of hydrogen-bond donors (Lipinski definition) is 1. The van der Waals surface area contributed by atoms with Crippen LogP contribution in [-0.4, -0.2) is 13.1 Å². The Labute approximate surface area is 88.5 Å². The fourth-order valence-electron chi connectivity index (χ4n) is 2.02. The number of hydrogen-bond acceptors (Lipinski definition) is 1. The molecule has 2 atom stereocenters. The normalized spacial score (nSPS) is 24.2. The zero-order valence-corrected chi connectivity index (χ0v) is 8.76. The molecule has 2 unspecified atom stereocenters. The highest BCUT2D eigenvalue weighted by Crippen LogP contribution is 2.48. The van der Waals surface area contributed by atoms with E-state index in [1.807, 2.05) is 6.92 Å². The fourth-order valence-corrected chi connectivity index (χ4v) is 2.02. The SMILES string of the molecule is CCNCC1CC1c1c(F)cccc1F.